The average molecular weight is 221 g/mol. The van der Waals surface area contributed by atoms with Gasteiger partial charge < -0.3 is 9.88 Å². The van der Waals surface area contributed by atoms with Gasteiger partial charge in [0.25, 0.3) is 0 Å². The third kappa shape index (κ3) is 2.57. The van der Waals surface area contributed by atoms with E-state index in [0.29, 0.717) is 6.04 Å². The number of aromatic nitrogens is 2. The van der Waals surface area contributed by atoms with Crippen LogP contribution in [-0.4, -0.2) is 15.6 Å². The van der Waals surface area contributed by atoms with Gasteiger partial charge in [-0.15, -0.1) is 0 Å². The lowest BCUT2D eigenvalue weighted by Gasteiger charge is -2.28. The van der Waals surface area contributed by atoms with Crippen LogP contribution in [0.25, 0.3) is 0 Å². The summed E-state index contributed by atoms with van der Waals surface area (Å²) in [5.74, 6) is 1.86. The van der Waals surface area contributed by atoms with Crippen LogP contribution in [0.2, 0.25) is 0 Å². The molecule has 1 aliphatic rings. The van der Waals surface area contributed by atoms with Crippen molar-refractivity contribution >= 4 is 5.95 Å². The quantitative estimate of drug-likeness (QED) is 0.845. The Kier molecular flexibility index (Phi) is 3.86. The second kappa shape index (κ2) is 5.37. The summed E-state index contributed by atoms with van der Waals surface area (Å²) >= 11 is 0. The molecule has 0 amide bonds. The Balaban J connectivity index is 1.93. The second-order valence-electron chi connectivity index (χ2n) is 4.87. The summed E-state index contributed by atoms with van der Waals surface area (Å²) in [7, 11) is 0. The van der Waals surface area contributed by atoms with Crippen molar-refractivity contribution in [3.05, 3.63) is 12.4 Å². The van der Waals surface area contributed by atoms with E-state index in [-0.39, 0.29) is 0 Å². The standard InChI is InChI=1S/C13H23N3/c1-3-16-10-9-14-13(16)15-11(2)12-7-5-4-6-8-12/h9-12H,3-8H2,1-2H3,(H,14,15). The first kappa shape index (κ1) is 11.5. The van der Waals surface area contributed by atoms with Gasteiger partial charge in [-0.25, -0.2) is 4.98 Å². The first-order chi connectivity index (χ1) is 7.81. The van der Waals surface area contributed by atoms with Gasteiger partial charge in [0.2, 0.25) is 5.95 Å². The molecule has 1 saturated carbocycles. The first-order valence-electron chi connectivity index (χ1n) is 6.59. The minimum Gasteiger partial charge on any atom is -0.353 e. The summed E-state index contributed by atoms with van der Waals surface area (Å²) in [6, 6.07) is 0.549. The molecule has 0 aliphatic heterocycles. The molecule has 3 nitrogen and oxygen atoms in total. The summed E-state index contributed by atoms with van der Waals surface area (Å²) < 4.78 is 2.17. The Morgan fingerprint density at radius 2 is 2.19 bits per heavy atom. The van der Waals surface area contributed by atoms with Gasteiger partial charge in [-0.1, -0.05) is 19.3 Å². The zero-order valence-corrected chi connectivity index (χ0v) is 10.4. The van der Waals surface area contributed by atoms with Gasteiger partial charge in [0.15, 0.2) is 0 Å². The van der Waals surface area contributed by atoms with Crippen LogP contribution in [0.4, 0.5) is 5.95 Å². The Hall–Kier alpha value is -0.990. The van der Waals surface area contributed by atoms with Crippen LogP contribution >= 0.6 is 0 Å². The molecule has 1 aliphatic carbocycles. The number of imidazole rings is 1. The highest BCUT2D eigenvalue weighted by atomic mass is 15.2. The maximum atomic E-state index is 4.37. The van der Waals surface area contributed by atoms with Crippen molar-refractivity contribution in [2.75, 3.05) is 5.32 Å². The van der Waals surface area contributed by atoms with Crippen molar-refractivity contribution in [2.45, 2.75) is 58.5 Å². The van der Waals surface area contributed by atoms with Gasteiger partial charge in [-0.05, 0) is 32.6 Å². The Morgan fingerprint density at radius 1 is 1.44 bits per heavy atom. The van der Waals surface area contributed by atoms with E-state index in [2.05, 4.69) is 28.7 Å². The number of anilines is 1. The minimum absolute atomic E-state index is 0.549. The van der Waals surface area contributed by atoms with Crippen LogP contribution in [0.15, 0.2) is 12.4 Å². The van der Waals surface area contributed by atoms with E-state index in [4.69, 9.17) is 0 Å². The number of aryl methyl sites for hydroxylation is 1. The molecule has 1 unspecified atom stereocenters. The maximum absolute atomic E-state index is 4.37. The fourth-order valence-corrected chi connectivity index (χ4v) is 2.66. The highest BCUT2D eigenvalue weighted by Gasteiger charge is 2.20. The molecule has 0 saturated heterocycles. The third-order valence-electron chi connectivity index (χ3n) is 3.77. The molecule has 90 valence electrons. The van der Waals surface area contributed by atoms with E-state index in [0.717, 1.165) is 18.4 Å². The van der Waals surface area contributed by atoms with E-state index in [1.54, 1.807) is 0 Å². The van der Waals surface area contributed by atoms with Crippen LogP contribution in [0.1, 0.15) is 46.0 Å². The van der Waals surface area contributed by atoms with Gasteiger partial charge in [-0.2, -0.15) is 0 Å². The average Bonchev–Trinajstić information content (AvgIpc) is 2.77. The van der Waals surface area contributed by atoms with Crippen molar-refractivity contribution in [1.29, 1.82) is 0 Å². The first-order valence-corrected chi connectivity index (χ1v) is 6.59. The van der Waals surface area contributed by atoms with Gasteiger partial charge in [-0.3, -0.25) is 0 Å². The third-order valence-corrected chi connectivity index (χ3v) is 3.77. The number of hydrogen-bond acceptors (Lipinski definition) is 2. The predicted molar refractivity (Wildman–Crippen MR) is 67.6 cm³/mol. The Bertz CT molecular complexity index is 313. The van der Waals surface area contributed by atoms with E-state index >= 15 is 0 Å². The van der Waals surface area contributed by atoms with Gasteiger partial charge >= 0.3 is 0 Å². The molecule has 0 bridgehead atoms. The fraction of sp³-hybridized carbons (Fsp3) is 0.769. The topological polar surface area (TPSA) is 29.9 Å². The Labute approximate surface area is 98.3 Å². The zero-order chi connectivity index (χ0) is 11.4. The smallest absolute Gasteiger partial charge is 0.202 e. The molecule has 0 spiro atoms. The lowest BCUT2D eigenvalue weighted by atomic mass is 9.85. The van der Waals surface area contributed by atoms with Gasteiger partial charge in [0, 0.05) is 25.0 Å². The van der Waals surface area contributed by atoms with Crippen LogP contribution in [0.3, 0.4) is 0 Å². The molecule has 1 N–H and O–H groups in total. The Morgan fingerprint density at radius 3 is 2.88 bits per heavy atom. The number of nitrogens with zero attached hydrogens (tertiary/aromatic N) is 2. The van der Waals surface area contributed by atoms with Gasteiger partial charge in [0.05, 0.1) is 0 Å². The highest BCUT2D eigenvalue weighted by Crippen LogP contribution is 2.27. The normalized spacial score (nSPS) is 19.6. The van der Waals surface area contributed by atoms with E-state index in [1.807, 2.05) is 12.4 Å². The minimum atomic E-state index is 0.549. The largest absolute Gasteiger partial charge is 0.353 e. The van der Waals surface area contributed by atoms with Gasteiger partial charge in [0.1, 0.15) is 0 Å². The van der Waals surface area contributed by atoms with Crippen molar-refractivity contribution in [1.82, 2.24) is 9.55 Å². The SMILES string of the molecule is CCn1ccnc1NC(C)C1CCCCC1. The van der Waals surface area contributed by atoms with Crippen LogP contribution in [0, 0.1) is 5.92 Å². The molecule has 0 radical (unpaired) electrons. The molecule has 0 aromatic carbocycles. The van der Waals surface area contributed by atoms with Crippen LogP contribution in [-0.2, 0) is 6.54 Å². The maximum Gasteiger partial charge on any atom is 0.202 e. The van der Waals surface area contributed by atoms with Crippen LogP contribution < -0.4 is 5.32 Å². The molecule has 1 aromatic rings. The molecule has 1 heterocycles. The molecular formula is C13H23N3. The van der Waals surface area contributed by atoms with E-state index in [9.17, 15) is 0 Å². The summed E-state index contributed by atoms with van der Waals surface area (Å²) in [6.07, 6.45) is 10.9. The summed E-state index contributed by atoms with van der Waals surface area (Å²) in [4.78, 5) is 4.37. The fourth-order valence-electron chi connectivity index (χ4n) is 2.66. The summed E-state index contributed by atoms with van der Waals surface area (Å²) in [6.45, 7) is 5.43. The lowest BCUT2D eigenvalue weighted by Crippen LogP contribution is -2.29. The number of rotatable bonds is 4. The molecular weight excluding hydrogens is 198 g/mol. The van der Waals surface area contributed by atoms with Crippen molar-refractivity contribution in [3.63, 3.8) is 0 Å². The summed E-state index contributed by atoms with van der Waals surface area (Å²) in [5, 5.41) is 3.56. The van der Waals surface area contributed by atoms with E-state index < -0.39 is 0 Å². The highest BCUT2D eigenvalue weighted by molar-refractivity contribution is 5.27. The van der Waals surface area contributed by atoms with Crippen molar-refractivity contribution in [3.8, 4) is 0 Å². The predicted octanol–water partition coefficient (Wildman–Crippen LogP) is 3.28. The molecule has 2 rings (SSSR count). The molecule has 16 heavy (non-hydrogen) atoms. The van der Waals surface area contributed by atoms with Crippen molar-refractivity contribution in [2.24, 2.45) is 5.92 Å². The molecule has 1 fully saturated rings. The monoisotopic (exact) mass is 221 g/mol. The molecule has 1 atom stereocenters. The zero-order valence-electron chi connectivity index (χ0n) is 10.4. The molecule has 3 heteroatoms. The number of nitrogens with one attached hydrogen (secondary N) is 1. The number of hydrogen-bond donors (Lipinski definition) is 1. The summed E-state index contributed by atoms with van der Waals surface area (Å²) in [5.41, 5.74) is 0. The van der Waals surface area contributed by atoms with E-state index in [1.165, 1.54) is 32.1 Å². The second-order valence-corrected chi connectivity index (χ2v) is 4.87. The lowest BCUT2D eigenvalue weighted by molar-refractivity contribution is 0.327. The van der Waals surface area contributed by atoms with Crippen LogP contribution in [0.5, 0.6) is 0 Å². The molecule has 1 aromatic heterocycles. The van der Waals surface area contributed by atoms with Crippen molar-refractivity contribution < 1.29 is 0 Å².